The molecule has 4 heterocycles. The van der Waals surface area contributed by atoms with Crippen LogP contribution in [0.1, 0.15) is 0 Å². The average Bonchev–Trinajstić information content (AvgIpc) is 3.24. The van der Waals surface area contributed by atoms with Crippen LogP contribution in [0.25, 0.3) is 16.7 Å². The van der Waals surface area contributed by atoms with Crippen LogP contribution in [-0.4, -0.2) is 58.0 Å². The summed E-state index contributed by atoms with van der Waals surface area (Å²) in [7, 11) is 1.68. The molecule has 1 aliphatic heterocycles. The average molecular weight is 387 g/mol. The number of rotatable bonds is 4. The summed E-state index contributed by atoms with van der Waals surface area (Å²) in [6.07, 6.45) is 5.27. The number of fused-ring (bicyclic) bond motifs is 1. The standard InChI is InChI=1S/C21H21N7O/c1-29-18-8-5-9-22-21(18)27-12-10-26(11-13-27)19-17-14-25-28(20(17)24-15-23-19)16-6-3-2-4-7-16/h2-9,14-15H,10-13H2,1H3. The lowest BCUT2D eigenvalue weighted by Gasteiger charge is -2.36. The number of methoxy groups -OCH3 is 1. The van der Waals surface area contributed by atoms with Gasteiger partial charge in [-0.2, -0.15) is 5.10 Å². The molecule has 8 nitrogen and oxygen atoms in total. The van der Waals surface area contributed by atoms with Crippen LogP contribution in [0.4, 0.5) is 11.6 Å². The molecule has 1 fully saturated rings. The van der Waals surface area contributed by atoms with Gasteiger partial charge in [0.25, 0.3) is 0 Å². The van der Waals surface area contributed by atoms with Crippen molar-refractivity contribution in [1.29, 1.82) is 0 Å². The molecule has 146 valence electrons. The molecule has 0 saturated carbocycles. The van der Waals surface area contributed by atoms with Gasteiger partial charge in [0.05, 0.1) is 24.4 Å². The summed E-state index contributed by atoms with van der Waals surface area (Å²) in [6, 6.07) is 13.9. The van der Waals surface area contributed by atoms with E-state index in [0.717, 1.165) is 60.3 Å². The Hall–Kier alpha value is -3.68. The zero-order valence-electron chi connectivity index (χ0n) is 16.1. The molecular formula is C21H21N7O. The lowest BCUT2D eigenvalue weighted by atomic mass is 10.2. The number of piperazine rings is 1. The number of aromatic nitrogens is 5. The Morgan fingerprint density at radius 1 is 0.828 bits per heavy atom. The van der Waals surface area contributed by atoms with Gasteiger partial charge in [-0.25, -0.2) is 19.6 Å². The van der Waals surface area contributed by atoms with E-state index in [1.54, 1.807) is 19.6 Å². The van der Waals surface area contributed by atoms with Crippen LogP contribution in [0.15, 0.2) is 61.2 Å². The Kier molecular flexibility index (Phi) is 4.44. The summed E-state index contributed by atoms with van der Waals surface area (Å²) in [4.78, 5) is 18.1. The first-order valence-electron chi connectivity index (χ1n) is 9.58. The van der Waals surface area contributed by atoms with Crippen molar-refractivity contribution >= 4 is 22.7 Å². The highest BCUT2D eigenvalue weighted by atomic mass is 16.5. The molecule has 5 rings (SSSR count). The van der Waals surface area contributed by atoms with Crippen LogP contribution in [0, 0.1) is 0 Å². The first kappa shape index (κ1) is 17.4. The molecule has 29 heavy (non-hydrogen) atoms. The maximum absolute atomic E-state index is 5.46. The van der Waals surface area contributed by atoms with Gasteiger partial charge < -0.3 is 14.5 Å². The number of anilines is 2. The van der Waals surface area contributed by atoms with Crippen LogP contribution in [-0.2, 0) is 0 Å². The summed E-state index contributed by atoms with van der Waals surface area (Å²) in [5.74, 6) is 2.61. The molecule has 1 saturated heterocycles. The predicted molar refractivity (Wildman–Crippen MR) is 112 cm³/mol. The Morgan fingerprint density at radius 3 is 2.34 bits per heavy atom. The second-order valence-electron chi connectivity index (χ2n) is 6.83. The van der Waals surface area contributed by atoms with E-state index in [4.69, 9.17) is 4.74 Å². The number of para-hydroxylation sites is 1. The van der Waals surface area contributed by atoms with Crippen molar-refractivity contribution in [2.24, 2.45) is 0 Å². The van der Waals surface area contributed by atoms with Crippen molar-refractivity contribution in [3.63, 3.8) is 0 Å². The van der Waals surface area contributed by atoms with Crippen LogP contribution >= 0.6 is 0 Å². The fraction of sp³-hybridized carbons (Fsp3) is 0.238. The van der Waals surface area contributed by atoms with E-state index in [2.05, 4.69) is 29.9 Å². The van der Waals surface area contributed by atoms with E-state index in [1.165, 1.54) is 0 Å². The molecule has 0 radical (unpaired) electrons. The number of nitrogens with zero attached hydrogens (tertiary/aromatic N) is 7. The smallest absolute Gasteiger partial charge is 0.171 e. The highest BCUT2D eigenvalue weighted by Crippen LogP contribution is 2.29. The van der Waals surface area contributed by atoms with Gasteiger partial charge in [0.1, 0.15) is 12.1 Å². The van der Waals surface area contributed by atoms with Gasteiger partial charge in [0.15, 0.2) is 17.2 Å². The first-order chi connectivity index (χ1) is 14.3. The van der Waals surface area contributed by atoms with Crippen molar-refractivity contribution in [1.82, 2.24) is 24.7 Å². The molecule has 3 aromatic heterocycles. The SMILES string of the molecule is COc1cccnc1N1CCN(c2ncnc3c2cnn3-c2ccccc2)CC1. The van der Waals surface area contributed by atoms with E-state index in [9.17, 15) is 0 Å². The minimum Gasteiger partial charge on any atom is -0.493 e. The second-order valence-corrected chi connectivity index (χ2v) is 6.83. The van der Waals surface area contributed by atoms with Gasteiger partial charge in [-0.05, 0) is 24.3 Å². The largest absolute Gasteiger partial charge is 0.493 e. The lowest BCUT2D eigenvalue weighted by molar-refractivity contribution is 0.411. The highest BCUT2D eigenvalue weighted by Gasteiger charge is 2.23. The van der Waals surface area contributed by atoms with Crippen molar-refractivity contribution in [3.05, 3.63) is 61.2 Å². The molecule has 1 aliphatic rings. The molecule has 0 amide bonds. The Bertz CT molecular complexity index is 1120. The fourth-order valence-electron chi connectivity index (χ4n) is 3.75. The van der Waals surface area contributed by atoms with Crippen molar-refractivity contribution in [2.75, 3.05) is 43.1 Å². The monoisotopic (exact) mass is 387 g/mol. The fourth-order valence-corrected chi connectivity index (χ4v) is 3.75. The summed E-state index contributed by atoms with van der Waals surface area (Å²) < 4.78 is 7.32. The zero-order chi connectivity index (χ0) is 19.6. The van der Waals surface area contributed by atoms with Gasteiger partial charge in [0, 0.05) is 32.4 Å². The third-order valence-electron chi connectivity index (χ3n) is 5.20. The summed E-state index contributed by atoms with van der Waals surface area (Å²) in [5, 5.41) is 5.52. The lowest BCUT2D eigenvalue weighted by Crippen LogP contribution is -2.47. The van der Waals surface area contributed by atoms with E-state index >= 15 is 0 Å². The molecule has 0 atom stereocenters. The van der Waals surface area contributed by atoms with Crippen LogP contribution in [0.5, 0.6) is 5.75 Å². The number of pyridine rings is 1. The van der Waals surface area contributed by atoms with Gasteiger partial charge in [-0.1, -0.05) is 18.2 Å². The molecule has 0 aliphatic carbocycles. The number of hydrogen-bond acceptors (Lipinski definition) is 7. The van der Waals surface area contributed by atoms with Gasteiger partial charge in [0.2, 0.25) is 0 Å². The van der Waals surface area contributed by atoms with Crippen LogP contribution in [0.2, 0.25) is 0 Å². The third kappa shape index (κ3) is 3.12. The molecule has 1 aromatic carbocycles. The van der Waals surface area contributed by atoms with E-state index in [1.807, 2.05) is 53.3 Å². The third-order valence-corrected chi connectivity index (χ3v) is 5.20. The number of benzene rings is 1. The normalized spacial score (nSPS) is 14.4. The number of ether oxygens (including phenoxy) is 1. The highest BCUT2D eigenvalue weighted by molar-refractivity contribution is 5.87. The van der Waals surface area contributed by atoms with Crippen molar-refractivity contribution < 1.29 is 4.74 Å². The van der Waals surface area contributed by atoms with E-state index in [-0.39, 0.29) is 0 Å². The minimum atomic E-state index is 0.800. The Balaban J connectivity index is 1.41. The molecular weight excluding hydrogens is 366 g/mol. The summed E-state index contributed by atoms with van der Waals surface area (Å²) in [5.41, 5.74) is 1.80. The van der Waals surface area contributed by atoms with Crippen LogP contribution in [0.3, 0.4) is 0 Å². The van der Waals surface area contributed by atoms with Crippen molar-refractivity contribution in [2.45, 2.75) is 0 Å². The summed E-state index contributed by atoms with van der Waals surface area (Å²) >= 11 is 0. The zero-order valence-corrected chi connectivity index (χ0v) is 16.1. The van der Waals surface area contributed by atoms with E-state index in [0.29, 0.717) is 0 Å². The summed E-state index contributed by atoms with van der Waals surface area (Å²) in [6.45, 7) is 3.35. The Labute approximate surface area is 168 Å². The quantitative estimate of drug-likeness (QED) is 0.533. The maximum Gasteiger partial charge on any atom is 0.171 e. The molecule has 4 aromatic rings. The molecule has 8 heteroatoms. The molecule has 0 N–H and O–H groups in total. The van der Waals surface area contributed by atoms with Crippen LogP contribution < -0.4 is 14.5 Å². The minimum absolute atomic E-state index is 0.800. The molecule has 0 unspecified atom stereocenters. The topological polar surface area (TPSA) is 72.2 Å². The molecule has 0 bridgehead atoms. The number of hydrogen-bond donors (Lipinski definition) is 0. The Morgan fingerprint density at radius 2 is 1.59 bits per heavy atom. The maximum atomic E-state index is 5.46. The first-order valence-corrected chi connectivity index (χ1v) is 9.58. The predicted octanol–water partition coefficient (Wildman–Crippen LogP) is 2.55. The van der Waals surface area contributed by atoms with Crippen molar-refractivity contribution in [3.8, 4) is 11.4 Å². The van der Waals surface area contributed by atoms with Gasteiger partial charge >= 0.3 is 0 Å². The van der Waals surface area contributed by atoms with E-state index < -0.39 is 0 Å². The van der Waals surface area contributed by atoms with Gasteiger partial charge in [-0.3, -0.25) is 0 Å². The second kappa shape index (κ2) is 7.38. The molecule has 0 spiro atoms. The van der Waals surface area contributed by atoms with Gasteiger partial charge in [-0.15, -0.1) is 0 Å².